The van der Waals surface area contributed by atoms with E-state index in [0.717, 1.165) is 5.69 Å². The SMILES string of the molecule is CC(=O)Nc1ccc(NC(=O)CNC(=O)N2CCN(c3ccc(Cl)cc3)CC2)cc1. The summed E-state index contributed by atoms with van der Waals surface area (Å²) in [5, 5.41) is 8.71. The van der Waals surface area contributed by atoms with Crippen LogP contribution < -0.4 is 20.9 Å². The Morgan fingerprint density at radius 2 is 1.43 bits per heavy atom. The van der Waals surface area contributed by atoms with Gasteiger partial charge in [-0.3, -0.25) is 9.59 Å². The van der Waals surface area contributed by atoms with Crippen LogP contribution in [0.1, 0.15) is 6.92 Å². The number of nitrogens with one attached hydrogen (secondary N) is 3. The lowest BCUT2D eigenvalue weighted by molar-refractivity contribution is -0.115. The zero-order chi connectivity index (χ0) is 21.5. The van der Waals surface area contributed by atoms with Crippen LogP contribution in [0.4, 0.5) is 21.9 Å². The quantitative estimate of drug-likeness (QED) is 0.681. The Labute approximate surface area is 180 Å². The lowest BCUT2D eigenvalue weighted by atomic mass is 10.2. The highest BCUT2D eigenvalue weighted by Gasteiger charge is 2.21. The molecule has 158 valence electrons. The minimum Gasteiger partial charge on any atom is -0.368 e. The van der Waals surface area contributed by atoms with E-state index in [2.05, 4.69) is 20.9 Å². The molecule has 30 heavy (non-hydrogen) atoms. The molecule has 2 aromatic carbocycles. The number of carbonyl (C=O) groups is 3. The second kappa shape index (κ2) is 9.98. The number of hydrogen-bond acceptors (Lipinski definition) is 4. The van der Waals surface area contributed by atoms with Gasteiger partial charge in [0.2, 0.25) is 11.8 Å². The van der Waals surface area contributed by atoms with E-state index in [1.807, 2.05) is 24.3 Å². The Kier molecular flexibility index (Phi) is 7.13. The topological polar surface area (TPSA) is 93.8 Å². The molecule has 9 heteroatoms. The van der Waals surface area contributed by atoms with Crippen molar-refractivity contribution in [3.05, 3.63) is 53.6 Å². The fourth-order valence-electron chi connectivity index (χ4n) is 3.13. The number of nitrogens with zero attached hydrogens (tertiary/aromatic N) is 2. The Morgan fingerprint density at radius 3 is 2.00 bits per heavy atom. The van der Waals surface area contributed by atoms with E-state index >= 15 is 0 Å². The minimum atomic E-state index is -0.324. The van der Waals surface area contributed by atoms with Gasteiger partial charge in [0.15, 0.2) is 0 Å². The largest absolute Gasteiger partial charge is 0.368 e. The van der Waals surface area contributed by atoms with Gasteiger partial charge in [-0.25, -0.2) is 4.79 Å². The number of amides is 4. The summed E-state index contributed by atoms with van der Waals surface area (Å²) in [6.45, 7) is 3.87. The molecule has 0 atom stereocenters. The molecule has 3 N–H and O–H groups in total. The van der Waals surface area contributed by atoms with Crippen molar-refractivity contribution in [2.45, 2.75) is 6.92 Å². The van der Waals surface area contributed by atoms with Crippen molar-refractivity contribution in [2.75, 3.05) is 48.3 Å². The first-order valence-corrected chi connectivity index (χ1v) is 9.99. The van der Waals surface area contributed by atoms with E-state index in [0.29, 0.717) is 42.6 Å². The molecular weight excluding hydrogens is 406 g/mol. The molecule has 0 aromatic heterocycles. The second-order valence-electron chi connectivity index (χ2n) is 6.92. The molecule has 0 bridgehead atoms. The molecule has 2 aromatic rings. The number of hydrogen-bond donors (Lipinski definition) is 3. The smallest absolute Gasteiger partial charge is 0.317 e. The van der Waals surface area contributed by atoms with Crippen LogP contribution >= 0.6 is 11.6 Å². The third kappa shape index (κ3) is 6.12. The van der Waals surface area contributed by atoms with E-state index in [4.69, 9.17) is 11.6 Å². The van der Waals surface area contributed by atoms with Crippen LogP contribution in [0.25, 0.3) is 0 Å². The Bertz CT molecular complexity index is 894. The van der Waals surface area contributed by atoms with Crippen molar-refractivity contribution in [1.82, 2.24) is 10.2 Å². The minimum absolute atomic E-state index is 0.121. The molecule has 1 heterocycles. The van der Waals surface area contributed by atoms with Crippen LogP contribution in [0, 0.1) is 0 Å². The second-order valence-corrected chi connectivity index (χ2v) is 7.35. The van der Waals surface area contributed by atoms with E-state index in [1.54, 1.807) is 29.2 Å². The summed E-state index contributed by atoms with van der Waals surface area (Å²) in [6, 6.07) is 14.1. The summed E-state index contributed by atoms with van der Waals surface area (Å²) in [5.74, 6) is -0.487. The molecule has 0 saturated carbocycles. The fourth-order valence-corrected chi connectivity index (χ4v) is 3.26. The predicted octanol–water partition coefficient (Wildman–Crippen LogP) is 2.77. The maximum absolute atomic E-state index is 12.3. The Morgan fingerprint density at radius 1 is 0.867 bits per heavy atom. The normalized spacial score (nSPS) is 13.5. The Balaban J connectivity index is 1.40. The summed E-state index contributed by atoms with van der Waals surface area (Å²) in [5.41, 5.74) is 2.30. The lowest BCUT2D eigenvalue weighted by Crippen LogP contribution is -2.52. The molecule has 0 spiro atoms. The van der Waals surface area contributed by atoms with Gasteiger partial charge < -0.3 is 25.8 Å². The summed E-state index contributed by atoms with van der Waals surface area (Å²) < 4.78 is 0. The van der Waals surface area contributed by atoms with Crippen LogP contribution in [0.2, 0.25) is 5.02 Å². The van der Waals surface area contributed by atoms with Gasteiger partial charge >= 0.3 is 6.03 Å². The van der Waals surface area contributed by atoms with Gasteiger partial charge in [0, 0.05) is 55.2 Å². The average molecular weight is 430 g/mol. The number of anilines is 3. The number of rotatable bonds is 5. The molecule has 1 aliphatic heterocycles. The first kappa shape index (κ1) is 21.4. The molecule has 0 radical (unpaired) electrons. The summed E-state index contributed by atoms with van der Waals surface area (Å²) in [4.78, 5) is 39.4. The first-order chi connectivity index (χ1) is 14.4. The van der Waals surface area contributed by atoms with Gasteiger partial charge in [0.05, 0.1) is 6.54 Å². The van der Waals surface area contributed by atoms with E-state index < -0.39 is 0 Å². The molecule has 8 nitrogen and oxygen atoms in total. The zero-order valence-electron chi connectivity index (χ0n) is 16.7. The molecule has 0 unspecified atom stereocenters. The molecule has 0 aliphatic carbocycles. The summed E-state index contributed by atoms with van der Waals surface area (Å²) >= 11 is 5.92. The van der Waals surface area contributed by atoms with E-state index in [1.165, 1.54) is 6.92 Å². The zero-order valence-corrected chi connectivity index (χ0v) is 17.4. The van der Waals surface area contributed by atoms with E-state index in [-0.39, 0.29) is 24.4 Å². The van der Waals surface area contributed by atoms with Crippen molar-refractivity contribution in [3.63, 3.8) is 0 Å². The standard InChI is InChI=1S/C21H24ClN5O3/c1-15(28)24-17-4-6-18(7-5-17)25-20(29)14-23-21(30)27-12-10-26(11-13-27)19-8-2-16(22)3-9-19/h2-9H,10-14H2,1H3,(H,23,30)(H,24,28)(H,25,29). The highest BCUT2D eigenvalue weighted by atomic mass is 35.5. The lowest BCUT2D eigenvalue weighted by Gasteiger charge is -2.36. The van der Waals surface area contributed by atoms with Crippen LogP contribution in [0.3, 0.4) is 0 Å². The predicted molar refractivity (Wildman–Crippen MR) is 118 cm³/mol. The Hall–Kier alpha value is -3.26. The highest BCUT2D eigenvalue weighted by molar-refractivity contribution is 6.30. The number of halogens is 1. The molecule has 3 rings (SSSR count). The van der Waals surface area contributed by atoms with Crippen LogP contribution in [-0.4, -0.2) is 55.5 Å². The monoisotopic (exact) mass is 429 g/mol. The van der Waals surface area contributed by atoms with Crippen molar-refractivity contribution < 1.29 is 14.4 Å². The van der Waals surface area contributed by atoms with Crippen LogP contribution in [0.15, 0.2) is 48.5 Å². The number of piperazine rings is 1. The van der Waals surface area contributed by atoms with Gasteiger partial charge in [0.25, 0.3) is 0 Å². The number of carbonyl (C=O) groups excluding carboxylic acids is 3. The summed E-state index contributed by atoms with van der Waals surface area (Å²) in [6.07, 6.45) is 0. The van der Waals surface area contributed by atoms with E-state index in [9.17, 15) is 14.4 Å². The van der Waals surface area contributed by atoms with Crippen molar-refractivity contribution in [1.29, 1.82) is 0 Å². The number of benzene rings is 2. The molecular formula is C21H24ClN5O3. The van der Waals surface area contributed by atoms with Gasteiger partial charge in [0.1, 0.15) is 0 Å². The maximum Gasteiger partial charge on any atom is 0.317 e. The first-order valence-electron chi connectivity index (χ1n) is 9.61. The maximum atomic E-state index is 12.3. The van der Waals surface area contributed by atoms with Crippen molar-refractivity contribution in [2.24, 2.45) is 0 Å². The molecule has 1 saturated heterocycles. The van der Waals surface area contributed by atoms with Gasteiger partial charge in [-0.1, -0.05) is 11.6 Å². The van der Waals surface area contributed by atoms with Crippen LogP contribution in [-0.2, 0) is 9.59 Å². The van der Waals surface area contributed by atoms with Gasteiger partial charge in [-0.2, -0.15) is 0 Å². The van der Waals surface area contributed by atoms with Crippen LogP contribution in [0.5, 0.6) is 0 Å². The highest BCUT2D eigenvalue weighted by Crippen LogP contribution is 2.19. The number of urea groups is 1. The van der Waals surface area contributed by atoms with Gasteiger partial charge in [-0.05, 0) is 48.5 Å². The van der Waals surface area contributed by atoms with Gasteiger partial charge in [-0.15, -0.1) is 0 Å². The molecule has 4 amide bonds. The van der Waals surface area contributed by atoms with Crippen molar-refractivity contribution >= 4 is 46.5 Å². The third-order valence-electron chi connectivity index (χ3n) is 4.65. The van der Waals surface area contributed by atoms with Crippen molar-refractivity contribution in [3.8, 4) is 0 Å². The molecule has 1 aliphatic rings. The molecule has 1 fully saturated rings. The summed E-state index contributed by atoms with van der Waals surface area (Å²) in [7, 11) is 0. The average Bonchev–Trinajstić information content (AvgIpc) is 2.74. The third-order valence-corrected chi connectivity index (χ3v) is 4.90. The fraction of sp³-hybridized carbons (Fsp3) is 0.286.